The van der Waals surface area contributed by atoms with Gasteiger partial charge in [-0.3, -0.25) is 0 Å². The molecule has 0 aromatic heterocycles. The number of rotatable bonds is 7. The number of carbonyl (C=O) groups excluding carboxylic acids is 2. The lowest BCUT2D eigenvalue weighted by molar-refractivity contribution is -0.164. The lowest BCUT2D eigenvalue weighted by atomic mass is 10.4. The van der Waals surface area contributed by atoms with Crippen molar-refractivity contribution in [3.8, 4) is 0 Å². The van der Waals surface area contributed by atoms with Gasteiger partial charge in [-0.05, 0) is 6.92 Å². The standard InChI is InChI=1S/C10H16O6.C4H6O2/c1-3-7(11)15-9(13)5-6-10(14)16-8(12)4-2;1-3(2)4(5)6/h5-8,11-12H,3-4H2,1-2H3;1H2,2H3,(H,5,6)/b6-5-;. The summed E-state index contributed by atoms with van der Waals surface area (Å²) in [4.78, 5) is 31.5. The molecule has 0 spiro atoms. The van der Waals surface area contributed by atoms with Crippen LogP contribution in [0, 0.1) is 0 Å². The highest BCUT2D eigenvalue weighted by molar-refractivity contribution is 5.91. The molecule has 0 bridgehead atoms. The first-order valence-corrected chi connectivity index (χ1v) is 6.48. The van der Waals surface area contributed by atoms with Crippen LogP contribution in [0.5, 0.6) is 0 Å². The molecule has 22 heavy (non-hydrogen) atoms. The Hall–Kier alpha value is -2.19. The third-order valence-electron chi connectivity index (χ3n) is 1.92. The molecule has 0 saturated heterocycles. The SMILES string of the molecule is C=C(C)C(=O)O.CCC(O)OC(=O)/C=C\C(=O)OC(O)CC. The summed E-state index contributed by atoms with van der Waals surface area (Å²) in [5, 5.41) is 25.8. The monoisotopic (exact) mass is 318 g/mol. The number of aliphatic hydroxyl groups is 2. The van der Waals surface area contributed by atoms with Crippen molar-refractivity contribution in [2.45, 2.75) is 46.2 Å². The van der Waals surface area contributed by atoms with Crippen molar-refractivity contribution in [1.82, 2.24) is 0 Å². The third-order valence-corrected chi connectivity index (χ3v) is 1.92. The number of hydrogen-bond acceptors (Lipinski definition) is 7. The quantitative estimate of drug-likeness (QED) is 0.356. The molecule has 0 aliphatic heterocycles. The molecular weight excluding hydrogens is 296 g/mol. The highest BCUT2D eigenvalue weighted by Gasteiger charge is 2.08. The third kappa shape index (κ3) is 14.2. The minimum atomic E-state index is -1.19. The maximum atomic E-state index is 10.9. The minimum absolute atomic E-state index is 0.176. The van der Waals surface area contributed by atoms with Crippen LogP contribution in [0.4, 0.5) is 0 Å². The average molecular weight is 318 g/mol. The molecule has 0 amide bonds. The fourth-order valence-electron chi connectivity index (χ4n) is 0.649. The Balaban J connectivity index is 0. The first-order chi connectivity index (χ1) is 10.1. The van der Waals surface area contributed by atoms with E-state index in [1.165, 1.54) is 6.92 Å². The van der Waals surface area contributed by atoms with E-state index in [4.69, 9.17) is 15.3 Å². The molecule has 3 N–H and O–H groups in total. The molecule has 0 fully saturated rings. The fraction of sp³-hybridized carbons (Fsp3) is 0.500. The number of esters is 2. The Morgan fingerprint density at radius 3 is 1.45 bits per heavy atom. The van der Waals surface area contributed by atoms with Gasteiger partial charge in [0.1, 0.15) is 0 Å². The van der Waals surface area contributed by atoms with E-state index in [0.29, 0.717) is 0 Å². The molecule has 2 unspecified atom stereocenters. The Morgan fingerprint density at radius 1 is 1.00 bits per heavy atom. The summed E-state index contributed by atoms with van der Waals surface area (Å²) in [7, 11) is 0. The van der Waals surface area contributed by atoms with Gasteiger partial charge in [-0.25, -0.2) is 14.4 Å². The Morgan fingerprint density at radius 2 is 1.27 bits per heavy atom. The topological polar surface area (TPSA) is 130 Å². The van der Waals surface area contributed by atoms with Gasteiger partial charge >= 0.3 is 17.9 Å². The van der Waals surface area contributed by atoms with Crippen molar-refractivity contribution >= 4 is 17.9 Å². The van der Waals surface area contributed by atoms with Crippen LogP contribution in [0.25, 0.3) is 0 Å². The van der Waals surface area contributed by atoms with Crippen molar-refractivity contribution in [2.75, 3.05) is 0 Å². The first kappa shape index (κ1) is 22.1. The Kier molecular flexibility index (Phi) is 12.6. The van der Waals surface area contributed by atoms with Gasteiger partial charge in [-0.2, -0.15) is 0 Å². The van der Waals surface area contributed by atoms with Crippen LogP contribution in [0.1, 0.15) is 33.6 Å². The summed E-state index contributed by atoms with van der Waals surface area (Å²) in [5.41, 5.74) is 0.176. The number of carboxylic acid groups (broad SMARTS) is 1. The lowest BCUT2D eigenvalue weighted by Crippen LogP contribution is -2.16. The molecule has 0 rings (SSSR count). The molecule has 0 aliphatic carbocycles. The molecule has 126 valence electrons. The highest BCUT2D eigenvalue weighted by Crippen LogP contribution is 1.96. The van der Waals surface area contributed by atoms with Crippen molar-refractivity contribution in [1.29, 1.82) is 0 Å². The van der Waals surface area contributed by atoms with Gasteiger partial charge in [0.15, 0.2) is 0 Å². The number of hydrogen-bond donors (Lipinski definition) is 3. The van der Waals surface area contributed by atoms with E-state index >= 15 is 0 Å². The second kappa shape index (κ2) is 12.5. The van der Waals surface area contributed by atoms with Crippen LogP contribution in [0.2, 0.25) is 0 Å². The normalized spacial score (nSPS) is 12.6. The molecule has 0 aromatic rings. The van der Waals surface area contributed by atoms with Crippen LogP contribution in [0.15, 0.2) is 24.3 Å². The summed E-state index contributed by atoms with van der Waals surface area (Å²) in [5.74, 6) is -2.63. The molecule has 0 saturated carbocycles. The van der Waals surface area contributed by atoms with Crippen LogP contribution in [-0.4, -0.2) is 45.8 Å². The Labute approximate surface area is 128 Å². The van der Waals surface area contributed by atoms with Gasteiger partial charge in [-0.15, -0.1) is 0 Å². The maximum absolute atomic E-state index is 10.9. The zero-order chi connectivity index (χ0) is 17.7. The number of aliphatic hydroxyl groups excluding tert-OH is 2. The molecular formula is C14H22O8. The number of aliphatic carboxylic acids is 1. The predicted octanol–water partition coefficient (Wildman–Crippen LogP) is 0.733. The van der Waals surface area contributed by atoms with Crippen molar-refractivity contribution in [3.63, 3.8) is 0 Å². The van der Waals surface area contributed by atoms with E-state index in [-0.39, 0.29) is 18.4 Å². The van der Waals surface area contributed by atoms with E-state index in [9.17, 15) is 14.4 Å². The lowest BCUT2D eigenvalue weighted by Gasteiger charge is -2.08. The van der Waals surface area contributed by atoms with Crippen LogP contribution < -0.4 is 0 Å². The second-order valence-corrected chi connectivity index (χ2v) is 4.02. The Bertz CT molecular complexity index is 375. The van der Waals surface area contributed by atoms with Crippen LogP contribution in [0.3, 0.4) is 0 Å². The van der Waals surface area contributed by atoms with Crippen molar-refractivity contribution < 1.29 is 39.2 Å². The van der Waals surface area contributed by atoms with Gasteiger partial charge in [0, 0.05) is 30.6 Å². The van der Waals surface area contributed by atoms with Gasteiger partial charge < -0.3 is 24.8 Å². The zero-order valence-corrected chi connectivity index (χ0v) is 12.8. The molecule has 0 radical (unpaired) electrons. The predicted molar refractivity (Wildman–Crippen MR) is 76.4 cm³/mol. The summed E-state index contributed by atoms with van der Waals surface area (Å²) < 4.78 is 8.88. The highest BCUT2D eigenvalue weighted by atomic mass is 16.6. The molecule has 0 aromatic carbocycles. The van der Waals surface area contributed by atoms with Crippen LogP contribution >= 0.6 is 0 Å². The molecule has 8 nitrogen and oxygen atoms in total. The smallest absolute Gasteiger partial charge is 0.333 e. The summed E-state index contributed by atoms with van der Waals surface area (Å²) in [6.45, 7) is 7.87. The van der Waals surface area contributed by atoms with E-state index in [2.05, 4.69) is 16.1 Å². The van der Waals surface area contributed by atoms with Gasteiger partial charge in [0.05, 0.1) is 0 Å². The van der Waals surface area contributed by atoms with Gasteiger partial charge in [0.25, 0.3) is 0 Å². The molecule has 0 heterocycles. The molecule has 8 heteroatoms. The van der Waals surface area contributed by atoms with E-state index in [1.807, 2.05) is 0 Å². The first-order valence-electron chi connectivity index (χ1n) is 6.48. The summed E-state index contributed by atoms with van der Waals surface area (Å²) in [6, 6.07) is 0. The zero-order valence-electron chi connectivity index (χ0n) is 12.8. The average Bonchev–Trinajstić information content (AvgIpc) is 2.45. The maximum Gasteiger partial charge on any atom is 0.333 e. The van der Waals surface area contributed by atoms with E-state index < -0.39 is 30.5 Å². The minimum Gasteiger partial charge on any atom is -0.478 e. The fourth-order valence-corrected chi connectivity index (χ4v) is 0.649. The van der Waals surface area contributed by atoms with Gasteiger partial charge in [0.2, 0.25) is 12.6 Å². The number of carboxylic acids is 1. The van der Waals surface area contributed by atoms with E-state index in [0.717, 1.165) is 12.2 Å². The second-order valence-electron chi connectivity index (χ2n) is 4.02. The van der Waals surface area contributed by atoms with Gasteiger partial charge in [-0.1, -0.05) is 20.4 Å². The molecule has 2 atom stereocenters. The van der Waals surface area contributed by atoms with Crippen LogP contribution in [-0.2, 0) is 23.9 Å². The van der Waals surface area contributed by atoms with Crippen molar-refractivity contribution in [2.24, 2.45) is 0 Å². The summed E-state index contributed by atoms with van der Waals surface area (Å²) in [6.07, 6.45) is -0.201. The van der Waals surface area contributed by atoms with E-state index in [1.54, 1.807) is 13.8 Å². The van der Waals surface area contributed by atoms with Crippen molar-refractivity contribution in [3.05, 3.63) is 24.3 Å². The summed E-state index contributed by atoms with van der Waals surface area (Å²) >= 11 is 0. The molecule has 0 aliphatic rings. The largest absolute Gasteiger partial charge is 0.478 e. The number of ether oxygens (including phenoxy) is 2. The number of carbonyl (C=O) groups is 3.